The maximum absolute atomic E-state index is 9.27. The van der Waals surface area contributed by atoms with E-state index in [-0.39, 0.29) is 6.04 Å². The van der Waals surface area contributed by atoms with Crippen LogP contribution in [0.1, 0.15) is 32.1 Å². The smallest absolute Gasteiger partial charge is 0.117 e. The number of para-hydroxylation sites is 1. The lowest BCUT2D eigenvalue weighted by molar-refractivity contribution is 0.346. The first-order valence-electron chi connectivity index (χ1n) is 6.22. The van der Waals surface area contributed by atoms with E-state index in [2.05, 4.69) is 11.4 Å². The van der Waals surface area contributed by atoms with Crippen LogP contribution in [0.2, 0.25) is 5.02 Å². The first-order chi connectivity index (χ1) is 8.31. The SMILES string of the molecule is N#CC(Nc1ccccc1Cl)C1CCCCC1. The Morgan fingerprint density at radius 3 is 2.59 bits per heavy atom. The predicted molar refractivity (Wildman–Crippen MR) is 71.1 cm³/mol. The molecule has 1 unspecified atom stereocenters. The number of hydrogen-bond donors (Lipinski definition) is 1. The fraction of sp³-hybridized carbons (Fsp3) is 0.500. The van der Waals surface area contributed by atoms with Crippen LogP contribution < -0.4 is 5.32 Å². The lowest BCUT2D eigenvalue weighted by Gasteiger charge is -2.27. The van der Waals surface area contributed by atoms with Gasteiger partial charge in [-0.1, -0.05) is 43.0 Å². The Balaban J connectivity index is 2.05. The summed E-state index contributed by atoms with van der Waals surface area (Å²) < 4.78 is 0. The molecule has 0 bridgehead atoms. The minimum absolute atomic E-state index is 0.116. The van der Waals surface area contributed by atoms with Crippen molar-refractivity contribution in [3.63, 3.8) is 0 Å². The molecule has 1 aromatic carbocycles. The van der Waals surface area contributed by atoms with Gasteiger partial charge in [-0.3, -0.25) is 0 Å². The van der Waals surface area contributed by atoms with Gasteiger partial charge in [-0.05, 0) is 30.9 Å². The molecule has 1 N–H and O–H groups in total. The van der Waals surface area contributed by atoms with Crippen LogP contribution in [0, 0.1) is 17.2 Å². The van der Waals surface area contributed by atoms with Crippen molar-refractivity contribution in [2.45, 2.75) is 38.1 Å². The van der Waals surface area contributed by atoms with E-state index in [4.69, 9.17) is 11.6 Å². The Kier molecular flexibility index (Phi) is 4.28. The Morgan fingerprint density at radius 1 is 1.24 bits per heavy atom. The zero-order valence-corrected chi connectivity index (χ0v) is 10.6. The van der Waals surface area contributed by atoms with E-state index in [1.54, 1.807) is 0 Å². The summed E-state index contributed by atoms with van der Waals surface area (Å²) >= 11 is 6.09. The van der Waals surface area contributed by atoms with Gasteiger partial charge in [-0.15, -0.1) is 0 Å². The maximum atomic E-state index is 9.27. The quantitative estimate of drug-likeness (QED) is 0.869. The van der Waals surface area contributed by atoms with E-state index in [0.29, 0.717) is 10.9 Å². The van der Waals surface area contributed by atoms with Crippen molar-refractivity contribution in [1.29, 1.82) is 5.26 Å². The maximum Gasteiger partial charge on any atom is 0.117 e. The minimum Gasteiger partial charge on any atom is -0.368 e. The number of halogens is 1. The molecule has 1 atom stereocenters. The summed E-state index contributed by atoms with van der Waals surface area (Å²) in [6.45, 7) is 0. The molecular weight excluding hydrogens is 232 g/mol. The average molecular weight is 249 g/mol. The van der Waals surface area contributed by atoms with Crippen molar-refractivity contribution in [3.8, 4) is 6.07 Å². The zero-order valence-electron chi connectivity index (χ0n) is 9.82. The largest absolute Gasteiger partial charge is 0.368 e. The van der Waals surface area contributed by atoms with Crippen molar-refractivity contribution in [2.75, 3.05) is 5.32 Å². The average Bonchev–Trinajstić information content (AvgIpc) is 2.39. The molecule has 0 amide bonds. The zero-order chi connectivity index (χ0) is 12.1. The summed E-state index contributed by atoms with van der Waals surface area (Å²) in [5.41, 5.74) is 0.867. The second kappa shape index (κ2) is 5.93. The number of rotatable bonds is 3. The van der Waals surface area contributed by atoms with E-state index < -0.39 is 0 Å². The summed E-state index contributed by atoms with van der Waals surface area (Å²) in [6.07, 6.45) is 6.09. The molecule has 1 aliphatic carbocycles. The minimum atomic E-state index is -0.116. The van der Waals surface area contributed by atoms with Gasteiger partial charge in [-0.2, -0.15) is 5.26 Å². The number of benzene rings is 1. The fourth-order valence-corrected chi connectivity index (χ4v) is 2.66. The van der Waals surface area contributed by atoms with Crippen molar-refractivity contribution < 1.29 is 0 Å². The molecule has 17 heavy (non-hydrogen) atoms. The van der Waals surface area contributed by atoms with Gasteiger partial charge in [0.1, 0.15) is 6.04 Å². The fourth-order valence-electron chi connectivity index (χ4n) is 2.47. The lowest BCUT2D eigenvalue weighted by atomic mass is 9.84. The third kappa shape index (κ3) is 3.14. The van der Waals surface area contributed by atoms with Crippen LogP contribution in [-0.2, 0) is 0 Å². The number of hydrogen-bond acceptors (Lipinski definition) is 2. The monoisotopic (exact) mass is 248 g/mol. The van der Waals surface area contributed by atoms with Gasteiger partial charge >= 0.3 is 0 Å². The molecule has 0 heterocycles. The molecule has 1 fully saturated rings. The summed E-state index contributed by atoms with van der Waals surface area (Å²) in [7, 11) is 0. The molecule has 1 saturated carbocycles. The highest BCUT2D eigenvalue weighted by molar-refractivity contribution is 6.33. The van der Waals surface area contributed by atoms with E-state index in [1.807, 2.05) is 24.3 Å². The summed E-state index contributed by atoms with van der Waals surface area (Å²) in [5.74, 6) is 0.463. The summed E-state index contributed by atoms with van der Waals surface area (Å²) in [5, 5.41) is 13.2. The topological polar surface area (TPSA) is 35.8 Å². The Bertz CT molecular complexity index is 405. The van der Waals surface area contributed by atoms with Crippen LogP contribution >= 0.6 is 11.6 Å². The summed E-state index contributed by atoms with van der Waals surface area (Å²) in [4.78, 5) is 0. The molecule has 0 spiro atoms. The molecule has 3 heteroatoms. The second-order valence-corrected chi connectivity index (χ2v) is 5.04. The highest BCUT2D eigenvalue weighted by atomic mass is 35.5. The van der Waals surface area contributed by atoms with E-state index in [1.165, 1.54) is 19.3 Å². The molecule has 2 rings (SSSR count). The van der Waals surface area contributed by atoms with Crippen LogP contribution in [0.3, 0.4) is 0 Å². The van der Waals surface area contributed by atoms with E-state index >= 15 is 0 Å². The van der Waals surface area contributed by atoms with Gasteiger partial charge in [0, 0.05) is 0 Å². The second-order valence-electron chi connectivity index (χ2n) is 4.63. The molecular formula is C14H17ClN2. The predicted octanol–water partition coefficient (Wildman–Crippen LogP) is 4.22. The highest BCUT2D eigenvalue weighted by Gasteiger charge is 2.23. The molecule has 1 aliphatic rings. The molecule has 90 valence electrons. The van der Waals surface area contributed by atoms with Gasteiger partial charge in [0.05, 0.1) is 16.8 Å². The van der Waals surface area contributed by atoms with E-state index in [9.17, 15) is 5.26 Å². The number of nitrogens with one attached hydrogen (secondary N) is 1. The summed E-state index contributed by atoms with van der Waals surface area (Å²) in [6, 6.07) is 9.87. The standard InChI is InChI=1S/C14H17ClN2/c15-12-8-4-5-9-13(12)17-14(10-16)11-6-2-1-3-7-11/h4-5,8-9,11,14,17H,1-3,6-7H2. The van der Waals surface area contributed by atoms with Crippen LogP contribution in [-0.4, -0.2) is 6.04 Å². The highest BCUT2D eigenvalue weighted by Crippen LogP contribution is 2.29. The molecule has 1 aromatic rings. The van der Waals surface area contributed by atoms with Crippen LogP contribution in [0.4, 0.5) is 5.69 Å². The first kappa shape index (κ1) is 12.3. The number of nitrogens with zero attached hydrogens (tertiary/aromatic N) is 1. The Labute approximate surface area is 108 Å². The van der Waals surface area contributed by atoms with Crippen molar-refractivity contribution >= 4 is 17.3 Å². The third-order valence-electron chi connectivity index (χ3n) is 3.45. The van der Waals surface area contributed by atoms with Crippen LogP contribution in [0.25, 0.3) is 0 Å². The number of anilines is 1. The molecule has 0 radical (unpaired) electrons. The van der Waals surface area contributed by atoms with Gasteiger partial charge in [-0.25, -0.2) is 0 Å². The normalized spacial score (nSPS) is 18.4. The van der Waals surface area contributed by atoms with Gasteiger partial charge < -0.3 is 5.32 Å². The Morgan fingerprint density at radius 2 is 1.94 bits per heavy atom. The van der Waals surface area contributed by atoms with Gasteiger partial charge in [0.25, 0.3) is 0 Å². The van der Waals surface area contributed by atoms with Crippen molar-refractivity contribution in [3.05, 3.63) is 29.3 Å². The lowest BCUT2D eigenvalue weighted by Crippen LogP contribution is -2.29. The van der Waals surface area contributed by atoms with Gasteiger partial charge in [0.15, 0.2) is 0 Å². The van der Waals surface area contributed by atoms with Crippen LogP contribution in [0.5, 0.6) is 0 Å². The molecule has 2 nitrogen and oxygen atoms in total. The van der Waals surface area contributed by atoms with E-state index in [0.717, 1.165) is 18.5 Å². The first-order valence-corrected chi connectivity index (χ1v) is 6.60. The van der Waals surface area contributed by atoms with Gasteiger partial charge in [0.2, 0.25) is 0 Å². The molecule has 0 aromatic heterocycles. The third-order valence-corrected chi connectivity index (χ3v) is 3.77. The number of nitriles is 1. The molecule has 0 saturated heterocycles. The van der Waals surface area contributed by atoms with Crippen molar-refractivity contribution in [2.24, 2.45) is 5.92 Å². The van der Waals surface area contributed by atoms with Crippen LogP contribution in [0.15, 0.2) is 24.3 Å². The molecule has 0 aliphatic heterocycles. The Hall–Kier alpha value is -1.20. The van der Waals surface area contributed by atoms with Crippen molar-refractivity contribution in [1.82, 2.24) is 0 Å².